The maximum Gasteiger partial charge on any atom is 0.0593 e. The SMILES string of the molecule is CCCNC(Cn1ccc(C)n1)C1CC1. The van der Waals surface area contributed by atoms with Gasteiger partial charge in [0.15, 0.2) is 0 Å². The number of nitrogens with one attached hydrogen (secondary N) is 1. The first-order valence-electron chi connectivity index (χ1n) is 6.03. The maximum atomic E-state index is 4.45. The number of hydrogen-bond acceptors (Lipinski definition) is 2. The molecule has 0 aromatic carbocycles. The van der Waals surface area contributed by atoms with E-state index in [-0.39, 0.29) is 0 Å². The Labute approximate surface area is 91.9 Å². The molecule has 0 spiro atoms. The molecule has 0 radical (unpaired) electrons. The number of aromatic nitrogens is 2. The summed E-state index contributed by atoms with van der Waals surface area (Å²) in [7, 11) is 0. The molecule has 1 fully saturated rings. The van der Waals surface area contributed by atoms with E-state index in [1.807, 2.05) is 6.92 Å². The van der Waals surface area contributed by atoms with Gasteiger partial charge in [0.05, 0.1) is 12.2 Å². The summed E-state index contributed by atoms with van der Waals surface area (Å²) >= 11 is 0. The monoisotopic (exact) mass is 207 g/mol. The summed E-state index contributed by atoms with van der Waals surface area (Å²) in [4.78, 5) is 0. The second-order valence-electron chi connectivity index (χ2n) is 4.58. The minimum absolute atomic E-state index is 0.629. The largest absolute Gasteiger partial charge is 0.312 e. The van der Waals surface area contributed by atoms with Crippen molar-refractivity contribution >= 4 is 0 Å². The first kappa shape index (κ1) is 10.7. The molecule has 3 heteroatoms. The normalized spacial score (nSPS) is 18.0. The van der Waals surface area contributed by atoms with E-state index in [9.17, 15) is 0 Å². The molecule has 1 aromatic heterocycles. The van der Waals surface area contributed by atoms with Gasteiger partial charge in [0, 0.05) is 12.2 Å². The zero-order valence-corrected chi connectivity index (χ0v) is 9.74. The molecule has 1 saturated carbocycles. The Morgan fingerprint density at radius 1 is 1.60 bits per heavy atom. The smallest absolute Gasteiger partial charge is 0.0593 e. The highest BCUT2D eigenvalue weighted by Gasteiger charge is 2.30. The molecule has 84 valence electrons. The van der Waals surface area contributed by atoms with Crippen molar-refractivity contribution in [1.82, 2.24) is 15.1 Å². The standard InChI is InChI=1S/C12H21N3/c1-3-7-13-12(11-4-5-11)9-15-8-6-10(2)14-15/h6,8,11-13H,3-5,7,9H2,1-2H3. The van der Waals surface area contributed by atoms with Crippen molar-refractivity contribution in [2.75, 3.05) is 6.54 Å². The van der Waals surface area contributed by atoms with Crippen LogP contribution in [0.5, 0.6) is 0 Å². The van der Waals surface area contributed by atoms with Gasteiger partial charge in [-0.3, -0.25) is 4.68 Å². The first-order chi connectivity index (χ1) is 7.29. The van der Waals surface area contributed by atoms with Gasteiger partial charge in [-0.15, -0.1) is 0 Å². The Kier molecular flexibility index (Phi) is 3.41. The van der Waals surface area contributed by atoms with Crippen molar-refractivity contribution in [3.63, 3.8) is 0 Å². The van der Waals surface area contributed by atoms with Gasteiger partial charge in [0.25, 0.3) is 0 Å². The molecule has 0 bridgehead atoms. The Morgan fingerprint density at radius 3 is 2.93 bits per heavy atom. The van der Waals surface area contributed by atoms with Gasteiger partial charge in [-0.1, -0.05) is 6.92 Å². The minimum atomic E-state index is 0.629. The van der Waals surface area contributed by atoms with Crippen molar-refractivity contribution in [3.05, 3.63) is 18.0 Å². The van der Waals surface area contributed by atoms with E-state index in [4.69, 9.17) is 0 Å². The van der Waals surface area contributed by atoms with Crippen LogP contribution in [0.4, 0.5) is 0 Å². The molecule has 1 heterocycles. The van der Waals surface area contributed by atoms with E-state index in [0.29, 0.717) is 6.04 Å². The van der Waals surface area contributed by atoms with Crippen LogP contribution in [0.25, 0.3) is 0 Å². The number of rotatable bonds is 6. The van der Waals surface area contributed by atoms with Crippen molar-refractivity contribution in [3.8, 4) is 0 Å². The molecule has 1 aliphatic rings. The predicted octanol–water partition coefficient (Wildman–Crippen LogP) is 1.97. The molecular weight excluding hydrogens is 186 g/mol. The van der Waals surface area contributed by atoms with Crippen molar-refractivity contribution in [2.45, 2.75) is 45.7 Å². The summed E-state index contributed by atoms with van der Waals surface area (Å²) in [6.45, 7) is 6.41. The average Bonchev–Trinajstić information content (AvgIpc) is 2.98. The third-order valence-corrected chi connectivity index (χ3v) is 3.01. The van der Waals surface area contributed by atoms with E-state index in [2.05, 4.69) is 34.3 Å². The highest BCUT2D eigenvalue weighted by atomic mass is 15.3. The summed E-state index contributed by atoms with van der Waals surface area (Å²) in [6.07, 6.45) is 6.07. The van der Waals surface area contributed by atoms with Crippen molar-refractivity contribution < 1.29 is 0 Å². The number of nitrogens with zero attached hydrogens (tertiary/aromatic N) is 2. The fourth-order valence-corrected chi connectivity index (χ4v) is 1.98. The van der Waals surface area contributed by atoms with Gasteiger partial charge >= 0.3 is 0 Å². The summed E-state index contributed by atoms with van der Waals surface area (Å²) < 4.78 is 2.07. The second-order valence-corrected chi connectivity index (χ2v) is 4.58. The summed E-state index contributed by atoms with van der Waals surface area (Å²) in [5, 5.41) is 8.07. The molecular formula is C12H21N3. The van der Waals surface area contributed by atoms with E-state index >= 15 is 0 Å². The van der Waals surface area contributed by atoms with E-state index in [1.54, 1.807) is 0 Å². The van der Waals surface area contributed by atoms with Crippen LogP contribution >= 0.6 is 0 Å². The van der Waals surface area contributed by atoms with E-state index in [0.717, 1.165) is 24.7 Å². The van der Waals surface area contributed by atoms with Gasteiger partial charge in [0.1, 0.15) is 0 Å². The molecule has 1 aromatic rings. The maximum absolute atomic E-state index is 4.45. The van der Waals surface area contributed by atoms with Crippen LogP contribution in [0.3, 0.4) is 0 Å². The zero-order valence-electron chi connectivity index (χ0n) is 9.74. The lowest BCUT2D eigenvalue weighted by Crippen LogP contribution is -2.35. The fraction of sp³-hybridized carbons (Fsp3) is 0.750. The predicted molar refractivity (Wildman–Crippen MR) is 61.8 cm³/mol. The van der Waals surface area contributed by atoms with Gasteiger partial charge in [-0.05, 0) is 44.7 Å². The highest BCUT2D eigenvalue weighted by Crippen LogP contribution is 2.33. The lowest BCUT2D eigenvalue weighted by Gasteiger charge is -2.17. The molecule has 0 saturated heterocycles. The molecule has 1 atom stereocenters. The lowest BCUT2D eigenvalue weighted by atomic mass is 10.2. The molecule has 0 aliphatic heterocycles. The topological polar surface area (TPSA) is 29.9 Å². The molecule has 1 aliphatic carbocycles. The van der Waals surface area contributed by atoms with Crippen LogP contribution in [0.15, 0.2) is 12.3 Å². The lowest BCUT2D eigenvalue weighted by molar-refractivity contribution is 0.389. The molecule has 0 amide bonds. The Hall–Kier alpha value is -0.830. The van der Waals surface area contributed by atoms with Crippen LogP contribution in [-0.2, 0) is 6.54 Å². The second kappa shape index (κ2) is 4.79. The zero-order chi connectivity index (χ0) is 10.7. The highest BCUT2D eigenvalue weighted by molar-refractivity contribution is 4.96. The van der Waals surface area contributed by atoms with Gasteiger partial charge in [0.2, 0.25) is 0 Å². The molecule has 1 unspecified atom stereocenters. The van der Waals surface area contributed by atoms with E-state index in [1.165, 1.54) is 19.3 Å². The van der Waals surface area contributed by atoms with Crippen LogP contribution in [-0.4, -0.2) is 22.4 Å². The quantitative estimate of drug-likeness (QED) is 0.773. The minimum Gasteiger partial charge on any atom is -0.312 e. The van der Waals surface area contributed by atoms with Crippen molar-refractivity contribution in [1.29, 1.82) is 0 Å². The Balaban J connectivity index is 1.88. The van der Waals surface area contributed by atoms with Gasteiger partial charge in [-0.25, -0.2) is 0 Å². The van der Waals surface area contributed by atoms with Gasteiger partial charge < -0.3 is 5.32 Å². The van der Waals surface area contributed by atoms with E-state index < -0.39 is 0 Å². The van der Waals surface area contributed by atoms with Crippen LogP contribution in [0.1, 0.15) is 31.9 Å². The number of hydrogen-bond donors (Lipinski definition) is 1. The summed E-state index contributed by atoms with van der Waals surface area (Å²) in [5.74, 6) is 0.890. The Morgan fingerprint density at radius 2 is 2.40 bits per heavy atom. The van der Waals surface area contributed by atoms with Crippen LogP contribution in [0.2, 0.25) is 0 Å². The summed E-state index contributed by atoms with van der Waals surface area (Å²) in [5.41, 5.74) is 1.11. The molecule has 15 heavy (non-hydrogen) atoms. The summed E-state index contributed by atoms with van der Waals surface area (Å²) in [6, 6.07) is 2.70. The Bertz CT molecular complexity index is 302. The van der Waals surface area contributed by atoms with Crippen LogP contribution < -0.4 is 5.32 Å². The first-order valence-corrected chi connectivity index (χ1v) is 6.03. The average molecular weight is 207 g/mol. The van der Waals surface area contributed by atoms with Crippen LogP contribution in [0, 0.1) is 12.8 Å². The molecule has 3 nitrogen and oxygen atoms in total. The number of aryl methyl sites for hydroxylation is 1. The molecule has 2 rings (SSSR count). The fourth-order valence-electron chi connectivity index (χ4n) is 1.98. The van der Waals surface area contributed by atoms with Crippen molar-refractivity contribution in [2.24, 2.45) is 5.92 Å². The third-order valence-electron chi connectivity index (χ3n) is 3.01. The molecule has 1 N–H and O–H groups in total. The third kappa shape index (κ3) is 3.06. The van der Waals surface area contributed by atoms with Gasteiger partial charge in [-0.2, -0.15) is 5.10 Å².